The molecule has 5 nitrogen and oxygen atoms in total. The number of hydrogen-bond donors (Lipinski definition) is 0. The zero-order valence-electron chi connectivity index (χ0n) is 15.8. The first-order chi connectivity index (χ1) is 13.4. The molecule has 0 N–H and O–H groups in total. The van der Waals surface area contributed by atoms with Gasteiger partial charge in [-0.25, -0.2) is 13.2 Å². The minimum absolute atomic E-state index is 0.199. The van der Waals surface area contributed by atoms with Gasteiger partial charge in [-0.05, 0) is 55.0 Å². The topological polar surface area (TPSA) is 84.2 Å². The maximum absolute atomic E-state index is 13.4. The van der Waals surface area contributed by atoms with Gasteiger partial charge in [-0.15, -0.1) is 0 Å². The van der Waals surface area contributed by atoms with E-state index in [9.17, 15) is 18.5 Å². The normalized spacial score (nSPS) is 22.2. The molecule has 0 aromatic heterocycles. The molecular weight excluding hydrogens is 374 g/mol. The summed E-state index contributed by atoms with van der Waals surface area (Å²) >= 11 is 0. The first-order valence-electron chi connectivity index (χ1n) is 9.33. The maximum Gasteiger partial charge on any atom is 0.337 e. The molecule has 1 aliphatic carbocycles. The fraction of sp³-hybridized carbons (Fsp3) is 0.364. The van der Waals surface area contributed by atoms with Gasteiger partial charge >= 0.3 is 5.97 Å². The number of nitrogens with zero attached hydrogens (tertiary/aromatic N) is 1. The number of hydrogen-bond acceptors (Lipinski definition) is 5. The Balaban J connectivity index is 1.95. The summed E-state index contributed by atoms with van der Waals surface area (Å²) in [6.45, 7) is 0. The van der Waals surface area contributed by atoms with Crippen LogP contribution in [0.5, 0.6) is 0 Å². The van der Waals surface area contributed by atoms with Gasteiger partial charge in [0.25, 0.3) is 0 Å². The smallest absolute Gasteiger partial charge is 0.337 e. The molecule has 2 unspecified atom stereocenters. The van der Waals surface area contributed by atoms with Crippen LogP contribution in [0.1, 0.15) is 41.6 Å². The van der Waals surface area contributed by atoms with Crippen molar-refractivity contribution >= 4 is 15.8 Å². The standard InChI is InChI=1S/C22H23NO4S/c1-27-21(24)18-12-10-17(11-13-18)15-19-7-5-6-14-22(19,16-23)28(25,26)20-8-3-2-4-9-20/h2-4,8-13,19H,5-7,14-15H2,1H3. The molecule has 0 spiro atoms. The van der Waals surface area contributed by atoms with Crippen molar-refractivity contribution in [2.24, 2.45) is 5.92 Å². The lowest BCUT2D eigenvalue weighted by Gasteiger charge is -2.38. The van der Waals surface area contributed by atoms with Crippen LogP contribution in [-0.4, -0.2) is 26.2 Å². The van der Waals surface area contributed by atoms with Crippen LogP contribution in [0.4, 0.5) is 0 Å². The van der Waals surface area contributed by atoms with E-state index in [1.807, 2.05) is 0 Å². The van der Waals surface area contributed by atoms with Gasteiger partial charge in [-0.1, -0.05) is 43.2 Å². The van der Waals surface area contributed by atoms with Crippen LogP contribution >= 0.6 is 0 Å². The van der Waals surface area contributed by atoms with Crippen LogP contribution in [-0.2, 0) is 21.0 Å². The molecular formula is C22H23NO4S. The summed E-state index contributed by atoms with van der Waals surface area (Å²) in [5, 5.41) is 10.0. The van der Waals surface area contributed by atoms with E-state index in [2.05, 4.69) is 6.07 Å². The number of sulfone groups is 1. The second-order valence-corrected chi connectivity index (χ2v) is 9.36. The third-order valence-corrected chi connectivity index (χ3v) is 8.07. The summed E-state index contributed by atoms with van der Waals surface area (Å²) in [5.74, 6) is -0.720. The Morgan fingerprint density at radius 3 is 2.43 bits per heavy atom. The van der Waals surface area contributed by atoms with Crippen molar-refractivity contribution in [2.75, 3.05) is 7.11 Å². The van der Waals surface area contributed by atoms with Gasteiger partial charge in [0, 0.05) is 0 Å². The van der Waals surface area contributed by atoms with Crippen LogP contribution in [0.15, 0.2) is 59.5 Å². The molecule has 6 heteroatoms. The molecule has 0 saturated heterocycles. The van der Waals surface area contributed by atoms with Gasteiger partial charge in [0.15, 0.2) is 14.6 Å². The summed E-state index contributed by atoms with van der Waals surface area (Å²) in [4.78, 5) is 11.8. The summed E-state index contributed by atoms with van der Waals surface area (Å²) < 4.78 is 30.2. The van der Waals surface area contributed by atoms with E-state index in [1.54, 1.807) is 54.6 Å². The number of nitriles is 1. The van der Waals surface area contributed by atoms with Crippen LogP contribution in [0.2, 0.25) is 0 Å². The lowest BCUT2D eigenvalue weighted by Crippen LogP contribution is -2.47. The molecule has 0 heterocycles. The minimum Gasteiger partial charge on any atom is -0.465 e. The van der Waals surface area contributed by atoms with E-state index < -0.39 is 20.6 Å². The molecule has 0 radical (unpaired) electrons. The van der Waals surface area contributed by atoms with Crippen LogP contribution in [0, 0.1) is 17.2 Å². The second-order valence-electron chi connectivity index (χ2n) is 7.15. The van der Waals surface area contributed by atoms with Gasteiger partial charge in [-0.3, -0.25) is 0 Å². The summed E-state index contributed by atoms with van der Waals surface area (Å²) in [6, 6.07) is 17.4. The van der Waals surface area contributed by atoms with Gasteiger partial charge in [0.1, 0.15) is 0 Å². The molecule has 0 bridgehead atoms. The zero-order valence-corrected chi connectivity index (χ0v) is 16.6. The predicted molar refractivity (Wildman–Crippen MR) is 105 cm³/mol. The van der Waals surface area contributed by atoms with E-state index in [-0.39, 0.29) is 10.8 Å². The summed E-state index contributed by atoms with van der Waals surface area (Å²) in [7, 11) is -2.48. The van der Waals surface area contributed by atoms with E-state index in [0.29, 0.717) is 24.8 Å². The number of carbonyl (C=O) groups excluding carboxylic acids is 1. The Morgan fingerprint density at radius 2 is 1.82 bits per heavy atom. The third-order valence-electron chi connectivity index (χ3n) is 5.59. The number of rotatable bonds is 5. The number of carbonyl (C=O) groups is 1. The number of benzene rings is 2. The lowest BCUT2D eigenvalue weighted by molar-refractivity contribution is 0.0600. The van der Waals surface area contributed by atoms with Crippen molar-refractivity contribution in [3.63, 3.8) is 0 Å². The van der Waals surface area contributed by atoms with Crippen molar-refractivity contribution in [1.82, 2.24) is 0 Å². The van der Waals surface area contributed by atoms with Crippen molar-refractivity contribution in [1.29, 1.82) is 5.26 Å². The van der Waals surface area contributed by atoms with Crippen LogP contribution < -0.4 is 0 Å². The highest BCUT2D eigenvalue weighted by Gasteiger charge is 2.52. The van der Waals surface area contributed by atoms with E-state index in [4.69, 9.17) is 4.74 Å². The van der Waals surface area contributed by atoms with Crippen LogP contribution in [0.3, 0.4) is 0 Å². The van der Waals surface area contributed by atoms with E-state index >= 15 is 0 Å². The first-order valence-corrected chi connectivity index (χ1v) is 10.8. The Bertz CT molecular complexity index is 977. The lowest BCUT2D eigenvalue weighted by atomic mass is 9.76. The minimum atomic E-state index is -3.80. The largest absolute Gasteiger partial charge is 0.465 e. The first kappa shape index (κ1) is 20.1. The molecule has 1 fully saturated rings. The second kappa shape index (κ2) is 8.15. The highest BCUT2D eigenvalue weighted by molar-refractivity contribution is 7.93. The van der Waals surface area contributed by atoms with Crippen LogP contribution in [0.25, 0.3) is 0 Å². The average molecular weight is 397 g/mol. The summed E-state index contributed by atoms with van der Waals surface area (Å²) in [5.41, 5.74) is 1.35. The van der Waals surface area contributed by atoms with E-state index in [0.717, 1.165) is 18.4 Å². The van der Waals surface area contributed by atoms with E-state index in [1.165, 1.54) is 7.11 Å². The zero-order chi connectivity index (χ0) is 20.2. The highest BCUT2D eigenvalue weighted by atomic mass is 32.2. The number of esters is 1. The number of methoxy groups -OCH3 is 1. The highest BCUT2D eigenvalue weighted by Crippen LogP contribution is 2.44. The molecule has 2 aromatic carbocycles. The van der Waals surface area contributed by atoms with Gasteiger partial charge < -0.3 is 4.74 Å². The van der Waals surface area contributed by atoms with Crippen molar-refractivity contribution in [2.45, 2.75) is 41.7 Å². The molecule has 1 saturated carbocycles. The SMILES string of the molecule is COC(=O)c1ccc(CC2CCCCC2(C#N)S(=O)(=O)c2ccccc2)cc1. The fourth-order valence-corrected chi connectivity index (χ4v) is 6.14. The fourth-order valence-electron chi connectivity index (χ4n) is 4.03. The molecule has 1 aliphatic rings. The molecule has 146 valence electrons. The van der Waals surface area contributed by atoms with Crippen molar-refractivity contribution in [3.8, 4) is 6.07 Å². The van der Waals surface area contributed by atoms with Gasteiger partial charge in [0.05, 0.1) is 23.6 Å². The Hall–Kier alpha value is -2.65. The molecule has 0 aliphatic heterocycles. The van der Waals surface area contributed by atoms with Gasteiger partial charge in [-0.2, -0.15) is 5.26 Å². The summed E-state index contributed by atoms with van der Waals surface area (Å²) in [6.07, 6.45) is 3.11. The predicted octanol–water partition coefficient (Wildman–Crippen LogP) is 3.94. The van der Waals surface area contributed by atoms with Gasteiger partial charge in [0.2, 0.25) is 0 Å². The number of ether oxygens (including phenoxy) is 1. The molecule has 2 aromatic rings. The Labute approximate surface area is 165 Å². The Morgan fingerprint density at radius 1 is 1.14 bits per heavy atom. The maximum atomic E-state index is 13.4. The van der Waals surface area contributed by atoms with Crippen molar-refractivity contribution < 1.29 is 17.9 Å². The third kappa shape index (κ3) is 3.55. The molecule has 28 heavy (non-hydrogen) atoms. The molecule has 3 rings (SSSR count). The molecule has 0 amide bonds. The molecule has 2 atom stereocenters. The Kier molecular flexibility index (Phi) is 5.85. The average Bonchev–Trinajstić information content (AvgIpc) is 2.74. The quantitative estimate of drug-likeness (QED) is 0.714. The monoisotopic (exact) mass is 397 g/mol. The van der Waals surface area contributed by atoms with Crippen molar-refractivity contribution in [3.05, 3.63) is 65.7 Å².